The highest BCUT2D eigenvalue weighted by Gasteiger charge is 2.30. The van der Waals surface area contributed by atoms with Crippen molar-refractivity contribution in [3.05, 3.63) is 77.0 Å². The summed E-state index contributed by atoms with van der Waals surface area (Å²) in [5.41, 5.74) is 5.82. The first kappa shape index (κ1) is 28.0. The number of aliphatic imine (C=N–C) groups is 1. The number of allylic oxidation sites excluding steroid dienone is 1. The van der Waals surface area contributed by atoms with Crippen LogP contribution >= 0.6 is 11.6 Å². The number of aromatic amines is 1. The third kappa shape index (κ3) is 7.93. The molecule has 2 heterocycles. The van der Waals surface area contributed by atoms with E-state index in [4.69, 9.17) is 16.6 Å². The molecule has 0 saturated carbocycles. The molecular weight excluding hydrogens is 442 g/mol. The fraction of sp³-hybridized carbons (Fsp3) is 0.500. The summed E-state index contributed by atoms with van der Waals surface area (Å²) < 4.78 is 0. The van der Waals surface area contributed by atoms with Crippen LogP contribution in [-0.4, -0.2) is 58.2 Å². The molecule has 5 nitrogen and oxygen atoms in total. The summed E-state index contributed by atoms with van der Waals surface area (Å²) in [6.07, 6.45) is 10.6. The van der Waals surface area contributed by atoms with Crippen LogP contribution in [0.25, 0.3) is 0 Å². The van der Waals surface area contributed by atoms with Crippen LogP contribution in [0, 0.1) is 0 Å². The number of aromatic nitrogens is 2. The molecular formula is C28H42ClN5. The molecule has 0 radical (unpaired) electrons. The molecule has 0 aliphatic carbocycles. The molecule has 186 valence electrons. The number of H-pyrrole nitrogens is 1. The Morgan fingerprint density at radius 3 is 2.59 bits per heavy atom. The molecule has 1 aliphatic heterocycles. The van der Waals surface area contributed by atoms with E-state index in [1.165, 1.54) is 16.8 Å². The molecule has 1 aromatic carbocycles. The second kappa shape index (κ2) is 14.9. The van der Waals surface area contributed by atoms with Crippen LogP contribution in [0.3, 0.4) is 0 Å². The monoisotopic (exact) mass is 483 g/mol. The molecule has 1 saturated heterocycles. The van der Waals surface area contributed by atoms with Gasteiger partial charge in [0.05, 0.1) is 18.1 Å². The lowest BCUT2D eigenvalue weighted by atomic mass is 9.91. The van der Waals surface area contributed by atoms with Gasteiger partial charge in [0.25, 0.3) is 0 Å². The van der Waals surface area contributed by atoms with Crippen molar-refractivity contribution in [1.29, 1.82) is 0 Å². The van der Waals surface area contributed by atoms with Gasteiger partial charge in [0.1, 0.15) is 0 Å². The topological polar surface area (TPSA) is 47.5 Å². The number of benzene rings is 1. The minimum Gasteiger partial charge on any atom is -0.348 e. The molecule has 34 heavy (non-hydrogen) atoms. The molecule has 3 rings (SSSR count). The van der Waals surface area contributed by atoms with Gasteiger partial charge < -0.3 is 9.88 Å². The van der Waals surface area contributed by atoms with E-state index in [-0.39, 0.29) is 6.04 Å². The fourth-order valence-electron chi connectivity index (χ4n) is 4.39. The summed E-state index contributed by atoms with van der Waals surface area (Å²) in [6, 6.07) is 6.36. The van der Waals surface area contributed by atoms with Gasteiger partial charge >= 0.3 is 0 Å². The van der Waals surface area contributed by atoms with E-state index in [1.807, 2.05) is 45.3 Å². The first-order valence-corrected chi connectivity index (χ1v) is 13.0. The van der Waals surface area contributed by atoms with Crippen molar-refractivity contribution in [3.8, 4) is 0 Å². The standard InChI is InChI=1S/C26H36ClN5.C2H6/c1-5-11-29-25(20(3)4)26(24-10-9-22(27)17-21(24)6-2)32-15-13-31(14-16-32)12-7-8-23-18-28-19-30-23;1-2/h5,9-11,17-19,26H,3,6-8,12-16H2,1-2,4H3,(H,28,30);1-2H3/b11-5-,29-25?;. The van der Waals surface area contributed by atoms with Gasteiger partial charge in [-0.1, -0.05) is 51.1 Å². The third-order valence-electron chi connectivity index (χ3n) is 6.09. The van der Waals surface area contributed by atoms with E-state index < -0.39 is 0 Å². The molecule has 0 spiro atoms. The Morgan fingerprint density at radius 1 is 1.26 bits per heavy atom. The number of rotatable bonds is 10. The number of hydrogen-bond donors (Lipinski definition) is 1. The number of aryl methyl sites for hydroxylation is 2. The van der Waals surface area contributed by atoms with Gasteiger partial charge in [-0.2, -0.15) is 0 Å². The Kier molecular flexibility index (Phi) is 12.3. The SMILES string of the molecule is C=C(C)C(=N/C=C\C)C(c1ccc(Cl)cc1CC)N1CCN(CCCc2cnc[nH]2)CC1.CC. The van der Waals surface area contributed by atoms with E-state index in [2.05, 4.69) is 52.3 Å². The van der Waals surface area contributed by atoms with E-state index in [0.717, 1.165) is 68.3 Å². The van der Waals surface area contributed by atoms with Crippen molar-refractivity contribution in [1.82, 2.24) is 19.8 Å². The fourth-order valence-corrected chi connectivity index (χ4v) is 4.59. The molecule has 1 atom stereocenters. The van der Waals surface area contributed by atoms with E-state index in [1.54, 1.807) is 6.33 Å². The van der Waals surface area contributed by atoms with Crippen molar-refractivity contribution in [2.24, 2.45) is 4.99 Å². The van der Waals surface area contributed by atoms with E-state index in [9.17, 15) is 0 Å². The van der Waals surface area contributed by atoms with Crippen LogP contribution in [0.1, 0.15) is 63.9 Å². The number of hydrogen-bond acceptors (Lipinski definition) is 4. The van der Waals surface area contributed by atoms with Crippen molar-refractivity contribution in [2.75, 3.05) is 32.7 Å². The number of halogens is 1. The summed E-state index contributed by atoms with van der Waals surface area (Å²) >= 11 is 6.33. The molecule has 6 heteroatoms. The Labute approximate surface area is 211 Å². The Balaban J connectivity index is 0.00000199. The van der Waals surface area contributed by atoms with Crippen molar-refractivity contribution >= 4 is 17.3 Å². The van der Waals surface area contributed by atoms with Crippen molar-refractivity contribution < 1.29 is 0 Å². The first-order chi connectivity index (χ1) is 16.5. The lowest BCUT2D eigenvalue weighted by Gasteiger charge is -2.40. The second-order valence-electron chi connectivity index (χ2n) is 8.43. The number of imidazole rings is 1. The second-order valence-corrected chi connectivity index (χ2v) is 8.87. The van der Waals surface area contributed by atoms with Crippen LogP contribution in [0.5, 0.6) is 0 Å². The average Bonchev–Trinajstić information content (AvgIpc) is 3.37. The number of piperazine rings is 1. The predicted molar refractivity (Wildman–Crippen MR) is 147 cm³/mol. The Bertz CT molecular complexity index is 924. The van der Waals surface area contributed by atoms with Crippen LogP contribution in [0.15, 0.2) is 60.1 Å². The first-order valence-electron chi connectivity index (χ1n) is 12.6. The van der Waals surface area contributed by atoms with Crippen LogP contribution in [-0.2, 0) is 12.8 Å². The summed E-state index contributed by atoms with van der Waals surface area (Å²) in [7, 11) is 0. The van der Waals surface area contributed by atoms with Crippen LogP contribution in [0.2, 0.25) is 5.02 Å². The molecule has 1 aromatic heterocycles. The predicted octanol–water partition coefficient (Wildman–Crippen LogP) is 6.49. The van der Waals surface area contributed by atoms with Gasteiger partial charge in [-0.25, -0.2) is 4.98 Å². The minimum atomic E-state index is 0.0862. The molecule has 0 bridgehead atoms. The molecule has 0 amide bonds. The van der Waals surface area contributed by atoms with Gasteiger partial charge in [-0.15, -0.1) is 0 Å². The van der Waals surface area contributed by atoms with E-state index in [0.29, 0.717) is 0 Å². The van der Waals surface area contributed by atoms with Gasteiger partial charge in [-0.3, -0.25) is 9.89 Å². The lowest BCUT2D eigenvalue weighted by Crippen LogP contribution is -2.49. The lowest BCUT2D eigenvalue weighted by molar-refractivity contribution is 0.116. The smallest absolute Gasteiger partial charge is 0.0921 e. The normalized spacial score (nSPS) is 16.4. The Hall–Kier alpha value is -2.21. The molecule has 1 fully saturated rings. The summed E-state index contributed by atoms with van der Waals surface area (Å²) in [5, 5.41) is 0.786. The molecule has 2 aromatic rings. The molecule has 1 unspecified atom stereocenters. The maximum absolute atomic E-state index is 6.33. The van der Waals surface area contributed by atoms with Crippen LogP contribution in [0.4, 0.5) is 0 Å². The quantitative estimate of drug-likeness (QED) is 0.392. The zero-order valence-electron chi connectivity index (χ0n) is 21.6. The van der Waals surface area contributed by atoms with Gasteiger partial charge in [0.15, 0.2) is 0 Å². The number of nitrogens with zero attached hydrogens (tertiary/aromatic N) is 4. The van der Waals surface area contributed by atoms with E-state index >= 15 is 0 Å². The van der Waals surface area contributed by atoms with Crippen molar-refractivity contribution in [3.63, 3.8) is 0 Å². The third-order valence-corrected chi connectivity index (χ3v) is 6.32. The maximum Gasteiger partial charge on any atom is 0.0921 e. The molecule has 1 N–H and O–H groups in total. The zero-order valence-corrected chi connectivity index (χ0v) is 22.4. The highest BCUT2D eigenvalue weighted by atomic mass is 35.5. The van der Waals surface area contributed by atoms with Crippen LogP contribution < -0.4 is 0 Å². The summed E-state index contributed by atoms with van der Waals surface area (Å²) in [5.74, 6) is 0. The van der Waals surface area contributed by atoms with Gasteiger partial charge in [0.2, 0.25) is 0 Å². The average molecular weight is 484 g/mol. The summed E-state index contributed by atoms with van der Waals surface area (Å²) in [4.78, 5) is 17.3. The van der Waals surface area contributed by atoms with Crippen molar-refractivity contribution in [2.45, 2.75) is 59.9 Å². The minimum absolute atomic E-state index is 0.0862. The van der Waals surface area contributed by atoms with Gasteiger partial charge in [0, 0.05) is 49.3 Å². The number of nitrogens with one attached hydrogen (secondary N) is 1. The van der Waals surface area contributed by atoms with Gasteiger partial charge in [-0.05, 0) is 68.5 Å². The zero-order chi connectivity index (χ0) is 24.9. The summed E-state index contributed by atoms with van der Waals surface area (Å²) in [6.45, 7) is 19.7. The largest absolute Gasteiger partial charge is 0.348 e. The Morgan fingerprint density at radius 2 is 2.00 bits per heavy atom. The highest BCUT2D eigenvalue weighted by molar-refractivity contribution is 6.30. The molecule has 1 aliphatic rings. The maximum atomic E-state index is 6.33. The highest BCUT2D eigenvalue weighted by Crippen LogP contribution is 2.31.